The molecule has 2 aromatic heterocycles. The van der Waals surface area contributed by atoms with Crippen LogP contribution in [0.15, 0.2) is 45.9 Å². The van der Waals surface area contributed by atoms with E-state index in [4.69, 9.17) is 4.42 Å². The molecule has 0 N–H and O–H groups in total. The van der Waals surface area contributed by atoms with Gasteiger partial charge in [-0.05, 0) is 42.7 Å². The zero-order chi connectivity index (χ0) is 14.8. The first-order valence-electron chi connectivity index (χ1n) is 6.64. The fraction of sp³-hybridized carbons (Fsp3) is 0.118. The van der Waals surface area contributed by atoms with Crippen LogP contribution in [0.25, 0.3) is 23.1 Å². The molecule has 3 aromatic rings. The van der Waals surface area contributed by atoms with Gasteiger partial charge in [-0.25, -0.2) is 9.78 Å². The molecule has 4 heteroatoms. The lowest BCUT2D eigenvalue weighted by molar-refractivity contribution is 0.490. The Kier molecular flexibility index (Phi) is 3.36. The van der Waals surface area contributed by atoms with Gasteiger partial charge in [0.1, 0.15) is 5.39 Å². The minimum absolute atomic E-state index is 0.289. The summed E-state index contributed by atoms with van der Waals surface area (Å²) in [5.41, 5.74) is 3.66. The molecule has 104 valence electrons. The lowest BCUT2D eigenvalue weighted by Crippen LogP contribution is -2.03. The van der Waals surface area contributed by atoms with E-state index in [0.717, 1.165) is 5.56 Å². The summed E-state index contributed by atoms with van der Waals surface area (Å²) in [5, 5.41) is 0.390. The van der Waals surface area contributed by atoms with Gasteiger partial charge < -0.3 is 4.42 Å². The van der Waals surface area contributed by atoms with Gasteiger partial charge in [0.05, 0.1) is 5.52 Å². The number of hydrogen-bond donors (Lipinski definition) is 0. The largest absolute Gasteiger partial charge is 0.404 e. The third-order valence-electron chi connectivity index (χ3n) is 3.40. The number of aromatic nitrogens is 2. The fourth-order valence-corrected chi connectivity index (χ4v) is 2.04. The molecule has 0 aliphatic carbocycles. The second-order valence-electron chi connectivity index (χ2n) is 4.91. The molecule has 0 aliphatic rings. The molecule has 0 amide bonds. The van der Waals surface area contributed by atoms with Crippen LogP contribution in [0, 0.1) is 13.8 Å². The van der Waals surface area contributed by atoms with Crippen molar-refractivity contribution in [3.63, 3.8) is 0 Å². The Morgan fingerprint density at radius 3 is 2.76 bits per heavy atom. The maximum atomic E-state index is 11.8. The van der Waals surface area contributed by atoms with Crippen molar-refractivity contribution in [2.45, 2.75) is 13.8 Å². The quantitative estimate of drug-likeness (QED) is 0.721. The van der Waals surface area contributed by atoms with E-state index in [1.54, 1.807) is 18.3 Å². The molecule has 3 rings (SSSR count). The first-order chi connectivity index (χ1) is 10.1. The number of nitrogens with zero attached hydrogens (tertiary/aromatic N) is 2. The standard InChI is InChI=1S/C17H14N2O2/c1-11-3-4-13(9-12(11)2)5-6-16-19-15-7-8-18-10-14(15)17(20)21-16/h3-10H,1-2H3/b6-5+. The second kappa shape index (κ2) is 5.32. The van der Waals surface area contributed by atoms with Gasteiger partial charge in [-0.2, -0.15) is 0 Å². The Morgan fingerprint density at radius 1 is 1.10 bits per heavy atom. The monoisotopic (exact) mass is 278 g/mol. The van der Waals surface area contributed by atoms with Gasteiger partial charge in [-0.15, -0.1) is 0 Å². The van der Waals surface area contributed by atoms with Gasteiger partial charge in [-0.3, -0.25) is 4.98 Å². The van der Waals surface area contributed by atoms with Crippen molar-refractivity contribution in [2.75, 3.05) is 0 Å². The maximum Gasteiger partial charge on any atom is 0.348 e. The van der Waals surface area contributed by atoms with Gasteiger partial charge in [0.25, 0.3) is 0 Å². The minimum Gasteiger partial charge on any atom is -0.404 e. The highest BCUT2D eigenvalue weighted by Gasteiger charge is 2.03. The number of benzene rings is 1. The van der Waals surface area contributed by atoms with E-state index < -0.39 is 5.63 Å². The number of fused-ring (bicyclic) bond motifs is 1. The summed E-state index contributed by atoms with van der Waals surface area (Å²) in [5.74, 6) is 0.289. The van der Waals surface area contributed by atoms with Crippen LogP contribution in [0.3, 0.4) is 0 Å². The van der Waals surface area contributed by atoms with Crippen LogP contribution in [-0.2, 0) is 0 Å². The van der Waals surface area contributed by atoms with Crippen LogP contribution >= 0.6 is 0 Å². The normalized spacial score (nSPS) is 11.3. The van der Waals surface area contributed by atoms with Crippen molar-refractivity contribution in [1.82, 2.24) is 9.97 Å². The van der Waals surface area contributed by atoms with Crippen LogP contribution in [0.2, 0.25) is 0 Å². The Labute approximate surface area is 121 Å². The summed E-state index contributed by atoms with van der Waals surface area (Å²) in [6, 6.07) is 7.85. The number of aryl methyl sites for hydroxylation is 2. The highest BCUT2D eigenvalue weighted by atomic mass is 16.4. The van der Waals surface area contributed by atoms with E-state index in [0.29, 0.717) is 10.9 Å². The van der Waals surface area contributed by atoms with Crippen molar-refractivity contribution < 1.29 is 4.42 Å². The summed E-state index contributed by atoms with van der Waals surface area (Å²) in [4.78, 5) is 20.0. The Morgan fingerprint density at radius 2 is 1.95 bits per heavy atom. The third-order valence-corrected chi connectivity index (χ3v) is 3.40. The first kappa shape index (κ1) is 13.2. The zero-order valence-electron chi connectivity index (χ0n) is 11.8. The van der Waals surface area contributed by atoms with Crippen LogP contribution < -0.4 is 5.63 Å². The third kappa shape index (κ3) is 2.74. The lowest BCUT2D eigenvalue weighted by atomic mass is 10.1. The summed E-state index contributed by atoms with van der Waals surface area (Å²) in [6.07, 6.45) is 6.65. The molecule has 0 bridgehead atoms. The molecule has 21 heavy (non-hydrogen) atoms. The summed E-state index contributed by atoms with van der Waals surface area (Å²) < 4.78 is 5.17. The number of pyridine rings is 1. The molecule has 0 spiro atoms. The molecule has 4 nitrogen and oxygen atoms in total. The lowest BCUT2D eigenvalue weighted by Gasteiger charge is -2.00. The SMILES string of the molecule is Cc1ccc(/C=C/c2nc3ccncc3c(=O)o2)cc1C. The van der Waals surface area contributed by atoms with Crippen LogP contribution in [0.4, 0.5) is 0 Å². The molecule has 0 unspecified atom stereocenters. The summed E-state index contributed by atoms with van der Waals surface area (Å²) in [7, 11) is 0. The van der Waals surface area contributed by atoms with E-state index >= 15 is 0 Å². The molecule has 1 aromatic carbocycles. The van der Waals surface area contributed by atoms with Crippen molar-refractivity contribution in [1.29, 1.82) is 0 Å². The Bertz CT molecular complexity index is 895. The highest BCUT2D eigenvalue weighted by molar-refractivity contribution is 5.77. The molecule has 0 aliphatic heterocycles. The van der Waals surface area contributed by atoms with Crippen LogP contribution in [-0.4, -0.2) is 9.97 Å². The average molecular weight is 278 g/mol. The molecular weight excluding hydrogens is 264 g/mol. The van der Waals surface area contributed by atoms with E-state index in [9.17, 15) is 4.79 Å². The van der Waals surface area contributed by atoms with E-state index in [1.165, 1.54) is 17.3 Å². The van der Waals surface area contributed by atoms with Crippen molar-refractivity contribution in [3.05, 3.63) is 69.7 Å². The van der Waals surface area contributed by atoms with Gasteiger partial charge in [-0.1, -0.05) is 18.2 Å². The average Bonchev–Trinajstić information content (AvgIpc) is 2.49. The molecule has 0 saturated heterocycles. The van der Waals surface area contributed by atoms with Gasteiger partial charge in [0.2, 0.25) is 5.89 Å². The van der Waals surface area contributed by atoms with E-state index in [1.807, 2.05) is 12.1 Å². The molecule has 0 atom stereocenters. The topological polar surface area (TPSA) is 56.0 Å². The molecule has 0 radical (unpaired) electrons. The number of rotatable bonds is 2. The maximum absolute atomic E-state index is 11.8. The Balaban J connectivity index is 1.99. The van der Waals surface area contributed by atoms with Crippen LogP contribution in [0.5, 0.6) is 0 Å². The highest BCUT2D eigenvalue weighted by Crippen LogP contribution is 2.13. The predicted octanol–water partition coefficient (Wildman–Crippen LogP) is 3.37. The van der Waals surface area contributed by atoms with Gasteiger partial charge >= 0.3 is 5.63 Å². The van der Waals surface area contributed by atoms with Crippen molar-refractivity contribution in [2.24, 2.45) is 0 Å². The van der Waals surface area contributed by atoms with Crippen molar-refractivity contribution in [3.8, 4) is 0 Å². The molecule has 2 heterocycles. The smallest absolute Gasteiger partial charge is 0.348 e. The van der Waals surface area contributed by atoms with Crippen molar-refractivity contribution >= 4 is 23.1 Å². The minimum atomic E-state index is -0.423. The number of hydrogen-bond acceptors (Lipinski definition) is 4. The second-order valence-corrected chi connectivity index (χ2v) is 4.91. The summed E-state index contributed by atoms with van der Waals surface area (Å²) in [6.45, 7) is 4.13. The van der Waals surface area contributed by atoms with Crippen LogP contribution in [0.1, 0.15) is 22.6 Å². The predicted molar refractivity (Wildman–Crippen MR) is 82.9 cm³/mol. The van der Waals surface area contributed by atoms with E-state index in [2.05, 4.69) is 35.9 Å². The molecule has 0 saturated carbocycles. The van der Waals surface area contributed by atoms with Gasteiger partial charge in [0.15, 0.2) is 0 Å². The fourth-order valence-electron chi connectivity index (χ4n) is 2.04. The summed E-state index contributed by atoms with van der Waals surface area (Å²) >= 11 is 0. The molecule has 0 fully saturated rings. The zero-order valence-corrected chi connectivity index (χ0v) is 11.8. The molecular formula is C17H14N2O2. The van der Waals surface area contributed by atoms with Gasteiger partial charge in [0, 0.05) is 18.5 Å². The first-order valence-corrected chi connectivity index (χ1v) is 6.64. The Hall–Kier alpha value is -2.75. The van der Waals surface area contributed by atoms with E-state index in [-0.39, 0.29) is 5.89 Å².